The smallest absolute Gasteiger partial charge is 0.252 e. The zero-order valence-corrected chi connectivity index (χ0v) is 6.15. The van der Waals surface area contributed by atoms with Crippen molar-refractivity contribution in [3.8, 4) is 0 Å². The Morgan fingerprint density at radius 2 is 2.36 bits per heavy atom. The molecule has 0 aromatic carbocycles. The van der Waals surface area contributed by atoms with Crippen molar-refractivity contribution in [1.82, 2.24) is 0 Å². The van der Waals surface area contributed by atoms with Crippen LogP contribution in [-0.4, -0.2) is 29.3 Å². The molecule has 0 aliphatic carbocycles. The Morgan fingerprint density at radius 1 is 1.55 bits per heavy atom. The van der Waals surface area contributed by atoms with E-state index >= 15 is 0 Å². The topological polar surface area (TPSA) is 75.5 Å². The molecule has 2 heterocycles. The van der Waals surface area contributed by atoms with Crippen LogP contribution in [0.2, 0.25) is 0 Å². The van der Waals surface area contributed by atoms with Crippen molar-refractivity contribution >= 4 is 35.2 Å². The first-order valence-electron chi connectivity index (χ1n) is 2.91. The number of nitrogens with zero attached hydrogens (tertiary/aromatic N) is 4. The van der Waals surface area contributed by atoms with Crippen LogP contribution < -0.4 is 5.73 Å². The maximum absolute atomic E-state index is 5.66. The minimum atomic E-state index is -1.11. The van der Waals surface area contributed by atoms with E-state index in [1.165, 1.54) is 12.6 Å². The molecule has 0 amide bonds. The first kappa shape index (κ1) is 6.63. The molecule has 0 spiro atoms. The van der Waals surface area contributed by atoms with Gasteiger partial charge in [0.15, 0.2) is 0 Å². The molecule has 0 saturated heterocycles. The SMILES string of the molecule is NC12N=CN=C1C=NC(Cl)=N2. The number of amidine groups is 1. The van der Waals surface area contributed by atoms with Crippen molar-refractivity contribution in [3.63, 3.8) is 0 Å². The number of hydrogen-bond donors (Lipinski definition) is 1. The van der Waals surface area contributed by atoms with E-state index in [1.807, 2.05) is 0 Å². The molecule has 0 aromatic heterocycles. The Labute approximate surface area is 67.4 Å². The van der Waals surface area contributed by atoms with Crippen LogP contribution in [-0.2, 0) is 0 Å². The van der Waals surface area contributed by atoms with E-state index in [0.717, 1.165) is 0 Å². The summed E-state index contributed by atoms with van der Waals surface area (Å²) in [6.07, 6.45) is 2.81. The standard InChI is InChI=1S/C5H4ClN5/c6-4-8-1-3-5(7,11-4)10-2-9-3/h1-2H,7H2. The maximum atomic E-state index is 5.66. The highest BCUT2D eigenvalue weighted by atomic mass is 35.5. The molecule has 0 bridgehead atoms. The third kappa shape index (κ3) is 0.892. The monoisotopic (exact) mass is 169 g/mol. The molecule has 56 valence electrons. The summed E-state index contributed by atoms with van der Waals surface area (Å²) in [6, 6.07) is 0. The maximum Gasteiger partial charge on any atom is 0.252 e. The van der Waals surface area contributed by atoms with Gasteiger partial charge in [0.25, 0.3) is 5.79 Å². The Hall–Kier alpha value is -1.07. The first-order valence-corrected chi connectivity index (χ1v) is 3.29. The number of halogens is 1. The predicted molar refractivity (Wildman–Crippen MR) is 44.6 cm³/mol. The van der Waals surface area contributed by atoms with E-state index in [9.17, 15) is 0 Å². The Balaban J connectivity index is 2.51. The average Bonchev–Trinajstić information content (AvgIpc) is 2.28. The van der Waals surface area contributed by atoms with Crippen LogP contribution in [0.1, 0.15) is 0 Å². The molecule has 0 radical (unpaired) electrons. The van der Waals surface area contributed by atoms with Gasteiger partial charge in [-0.15, -0.1) is 0 Å². The molecule has 0 fully saturated rings. The number of fused-ring (bicyclic) bond motifs is 1. The van der Waals surface area contributed by atoms with E-state index in [0.29, 0.717) is 5.71 Å². The molecule has 5 nitrogen and oxygen atoms in total. The largest absolute Gasteiger partial charge is 0.283 e. The van der Waals surface area contributed by atoms with E-state index in [-0.39, 0.29) is 5.29 Å². The molecule has 2 aliphatic heterocycles. The summed E-state index contributed by atoms with van der Waals surface area (Å²) in [5.41, 5.74) is 6.18. The molecule has 2 aliphatic rings. The lowest BCUT2D eigenvalue weighted by molar-refractivity contribution is 0.649. The van der Waals surface area contributed by atoms with E-state index in [2.05, 4.69) is 20.0 Å². The highest BCUT2D eigenvalue weighted by Crippen LogP contribution is 2.16. The van der Waals surface area contributed by atoms with Crippen LogP contribution in [0.4, 0.5) is 0 Å². The van der Waals surface area contributed by atoms with E-state index < -0.39 is 5.79 Å². The van der Waals surface area contributed by atoms with Gasteiger partial charge < -0.3 is 0 Å². The van der Waals surface area contributed by atoms with Crippen molar-refractivity contribution in [2.75, 3.05) is 0 Å². The third-order valence-electron chi connectivity index (χ3n) is 1.38. The second kappa shape index (κ2) is 1.96. The highest BCUT2D eigenvalue weighted by Gasteiger charge is 2.34. The van der Waals surface area contributed by atoms with Crippen molar-refractivity contribution in [2.24, 2.45) is 25.7 Å². The summed E-state index contributed by atoms with van der Waals surface area (Å²) in [7, 11) is 0. The summed E-state index contributed by atoms with van der Waals surface area (Å²) < 4.78 is 0. The molecule has 2 N–H and O–H groups in total. The van der Waals surface area contributed by atoms with Gasteiger partial charge in [-0.25, -0.2) is 20.0 Å². The molecule has 6 heteroatoms. The summed E-state index contributed by atoms with van der Waals surface area (Å²) >= 11 is 5.52. The second-order valence-corrected chi connectivity index (χ2v) is 2.46. The lowest BCUT2D eigenvalue weighted by atomic mass is 10.2. The fourth-order valence-electron chi connectivity index (χ4n) is 0.839. The fourth-order valence-corrected chi connectivity index (χ4v) is 1.02. The van der Waals surface area contributed by atoms with E-state index in [4.69, 9.17) is 17.3 Å². The van der Waals surface area contributed by atoms with Gasteiger partial charge >= 0.3 is 0 Å². The Kier molecular flexibility index (Phi) is 1.18. The predicted octanol–water partition coefficient (Wildman–Crippen LogP) is -0.239. The van der Waals surface area contributed by atoms with Crippen LogP contribution in [0.25, 0.3) is 0 Å². The minimum Gasteiger partial charge on any atom is -0.283 e. The van der Waals surface area contributed by atoms with Gasteiger partial charge in [-0.3, -0.25) is 5.73 Å². The van der Waals surface area contributed by atoms with Gasteiger partial charge in [0, 0.05) is 0 Å². The van der Waals surface area contributed by atoms with Crippen molar-refractivity contribution < 1.29 is 0 Å². The summed E-state index contributed by atoms with van der Waals surface area (Å²) in [6.45, 7) is 0. The minimum absolute atomic E-state index is 0.102. The lowest BCUT2D eigenvalue weighted by Gasteiger charge is -2.17. The molecule has 0 aromatic rings. The normalized spacial score (nSPS) is 33.3. The molecular formula is C5H4ClN5. The van der Waals surface area contributed by atoms with Gasteiger partial charge in [0.1, 0.15) is 12.1 Å². The van der Waals surface area contributed by atoms with Crippen LogP contribution in [0, 0.1) is 0 Å². The zero-order chi connectivity index (χ0) is 7.90. The molecule has 1 atom stereocenters. The van der Waals surface area contributed by atoms with Gasteiger partial charge in [0.05, 0.1) is 6.21 Å². The zero-order valence-electron chi connectivity index (χ0n) is 5.40. The first-order chi connectivity index (χ1) is 5.21. The van der Waals surface area contributed by atoms with Crippen LogP contribution in [0.3, 0.4) is 0 Å². The Morgan fingerprint density at radius 3 is 3.18 bits per heavy atom. The summed E-state index contributed by atoms with van der Waals surface area (Å²) in [5.74, 6) is -1.11. The molecule has 0 saturated carbocycles. The number of nitrogens with two attached hydrogens (primary N) is 1. The highest BCUT2D eigenvalue weighted by molar-refractivity contribution is 6.67. The fraction of sp³-hybridized carbons (Fsp3) is 0.200. The molecule has 1 unspecified atom stereocenters. The number of aliphatic imine (C=N–C) groups is 4. The quantitative estimate of drug-likeness (QED) is 0.500. The molecule has 11 heavy (non-hydrogen) atoms. The van der Waals surface area contributed by atoms with Gasteiger partial charge in [-0.1, -0.05) is 0 Å². The van der Waals surface area contributed by atoms with Crippen molar-refractivity contribution in [3.05, 3.63) is 0 Å². The van der Waals surface area contributed by atoms with E-state index in [1.54, 1.807) is 0 Å². The summed E-state index contributed by atoms with van der Waals surface area (Å²) in [5, 5.41) is 0.102. The third-order valence-corrected chi connectivity index (χ3v) is 1.57. The van der Waals surface area contributed by atoms with Gasteiger partial charge in [0.2, 0.25) is 5.29 Å². The van der Waals surface area contributed by atoms with Crippen LogP contribution in [0.5, 0.6) is 0 Å². The number of hydrogen-bond acceptors (Lipinski definition) is 5. The summed E-state index contributed by atoms with van der Waals surface area (Å²) in [4.78, 5) is 15.2. The molecule has 2 rings (SSSR count). The van der Waals surface area contributed by atoms with Crippen LogP contribution in [0.15, 0.2) is 20.0 Å². The van der Waals surface area contributed by atoms with Crippen molar-refractivity contribution in [1.29, 1.82) is 0 Å². The van der Waals surface area contributed by atoms with Crippen molar-refractivity contribution in [2.45, 2.75) is 5.79 Å². The lowest BCUT2D eigenvalue weighted by Crippen LogP contribution is -2.45. The Bertz CT molecular complexity index is 315. The van der Waals surface area contributed by atoms with Gasteiger partial charge in [-0.05, 0) is 11.6 Å². The number of rotatable bonds is 0. The van der Waals surface area contributed by atoms with Gasteiger partial charge in [-0.2, -0.15) is 0 Å². The average molecular weight is 170 g/mol. The van der Waals surface area contributed by atoms with Crippen LogP contribution >= 0.6 is 11.6 Å². The second-order valence-electron chi connectivity index (χ2n) is 2.12. The molecular weight excluding hydrogens is 166 g/mol.